The molecule has 1 aromatic carbocycles. The van der Waals surface area contributed by atoms with Crippen LogP contribution in [-0.2, 0) is 20.9 Å². The van der Waals surface area contributed by atoms with Gasteiger partial charge in [0.1, 0.15) is 0 Å². The minimum atomic E-state index is -0.229. The van der Waals surface area contributed by atoms with Gasteiger partial charge in [-0.05, 0) is 57.5 Å². The zero-order valence-electron chi connectivity index (χ0n) is 15.3. The molecule has 0 bridgehead atoms. The molecule has 1 unspecified atom stereocenters. The van der Waals surface area contributed by atoms with Crippen LogP contribution in [0, 0.1) is 5.92 Å². The molecule has 1 amide bonds. The van der Waals surface area contributed by atoms with E-state index in [0.29, 0.717) is 18.9 Å². The van der Waals surface area contributed by atoms with Crippen LogP contribution in [0.25, 0.3) is 0 Å². The monoisotopic (exact) mass is 362 g/mol. The maximum Gasteiger partial charge on any atom is 0.309 e. The highest BCUT2D eigenvalue weighted by Crippen LogP contribution is 2.32. The van der Waals surface area contributed by atoms with Gasteiger partial charge in [-0.25, -0.2) is 0 Å². The Morgan fingerprint density at radius 3 is 2.73 bits per heavy atom. The van der Waals surface area contributed by atoms with E-state index in [-0.39, 0.29) is 30.6 Å². The van der Waals surface area contributed by atoms with Crippen molar-refractivity contribution in [3.05, 3.63) is 23.8 Å². The fourth-order valence-corrected chi connectivity index (χ4v) is 3.34. The first-order valence-electron chi connectivity index (χ1n) is 9.15. The van der Waals surface area contributed by atoms with Crippen LogP contribution >= 0.6 is 0 Å². The topological polar surface area (TPSA) is 77.1 Å². The van der Waals surface area contributed by atoms with Crippen molar-refractivity contribution in [2.45, 2.75) is 39.3 Å². The predicted octanol–water partition coefficient (Wildman–Crippen LogP) is 1.70. The Morgan fingerprint density at radius 2 is 2.00 bits per heavy atom. The van der Waals surface area contributed by atoms with Crippen LogP contribution in [0.15, 0.2) is 18.2 Å². The number of hydrogen-bond donors (Lipinski definition) is 1. The first kappa shape index (κ1) is 18.5. The number of rotatable bonds is 6. The lowest BCUT2D eigenvalue weighted by molar-refractivity contribution is -0.149. The summed E-state index contributed by atoms with van der Waals surface area (Å²) in [5.74, 6) is 1.27. The Bertz CT molecular complexity index is 655. The average Bonchev–Trinajstić information content (AvgIpc) is 3.13. The molecule has 2 aliphatic rings. The Balaban J connectivity index is 1.45. The molecule has 7 heteroatoms. The van der Waals surface area contributed by atoms with E-state index in [4.69, 9.17) is 14.2 Å². The maximum absolute atomic E-state index is 12.5. The van der Waals surface area contributed by atoms with E-state index in [2.05, 4.69) is 10.2 Å². The second kappa shape index (κ2) is 8.40. The first-order chi connectivity index (χ1) is 12.6. The molecule has 3 rings (SSSR count). The molecule has 0 aromatic heterocycles. The average molecular weight is 362 g/mol. The van der Waals surface area contributed by atoms with Crippen LogP contribution in [0.2, 0.25) is 0 Å². The third-order valence-electron chi connectivity index (χ3n) is 4.98. The first-order valence-corrected chi connectivity index (χ1v) is 9.15. The molecule has 2 heterocycles. The summed E-state index contributed by atoms with van der Waals surface area (Å²) in [7, 11) is 0. The van der Waals surface area contributed by atoms with Crippen molar-refractivity contribution in [1.29, 1.82) is 0 Å². The highest BCUT2D eigenvalue weighted by molar-refractivity contribution is 5.81. The van der Waals surface area contributed by atoms with Gasteiger partial charge in [0.15, 0.2) is 11.5 Å². The highest BCUT2D eigenvalue weighted by atomic mass is 16.7. The van der Waals surface area contributed by atoms with Gasteiger partial charge in [0, 0.05) is 6.54 Å². The highest BCUT2D eigenvalue weighted by Gasteiger charge is 2.30. The van der Waals surface area contributed by atoms with E-state index in [9.17, 15) is 9.59 Å². The van der Waals surface area contributed by atoms with Gasteiger partial charge in [-0.1, -0.05) is 6.07 Å². The Morgan fingerprint density at radius 1 is 1.27 bits per heavy atom. The summed E-state index contributed by atoms with van der Waals surface area (Å²) < 4.78 is 15.7. The van der Waals surface area contributed by atoms with Crippen molar-refractivity contribution in [2.24, 2.45) is 5.92 Å². The third kappa shape index (κ3) is 4.27. The number of ether oxygens (including phenoxy) is 3. The van der Waals surface area contributed by atoms with Crippen molar-refractivity contribution in [2.75, 3.05) is 26.5 Å². The van der Waals surface area contributed by atoms with Crippen molar-refractivity contribution in [3.8, 4) is 11.5 Å². The fraction of sp³-hybridized carbons (Fsp3) is 0.579. The predicted molar refractivity (Wildman–Crippen MR) is 94.8 cm³/mol. The number of nitrogens with one attached hydrogen (secondary N) is 1. The lowest BCUT2D eigenvalue weighted by atomic mass is 9.96. The molecule has 26 heavy (non-hydrogen) atoms. The smallest absolute Gasteiger partial charge is 0.309 e. The summed E-state index contributed by atoms with van der Waals surface area (Å²) in [5.41, 5.74) is 0.968. The second-order valence-corrected chi connectivity index (χ2v) is 6.64. The van der Waals surface area contributed by atoms with Crippen LogP contribution in [0.5, 0.6) is 11.5 Å². The summed E-state index contributed by atoms with van der Waals surface area (Å²) in [6, 6.07) is 5.43. The number of benzene rings is 1. The molecule has 2 aliphatic heterocycles. The largest absolute Gasteiger partial charge is 0.466 e. The molecule has 7 nitrogen and oxygen atoms in total. The summed E-state index contributed by atoms with van der Waals surface area (Å²) in [6.07, 6.45) is 1.47. The maximum atomic E-state index is 12.5. The fourth-order valence-electron chi connectivity index (χ4n) is 3.34. The van der Waals surface area contributed by atoms with Gasteiger partial charge in [-0.15, -0.1) is 0 Å². The zero-order valence-corrected chi connectivity index (χ0v) is 15.3. The number of fused-ring (bicyclic) bond motifs is 1. The summed E-state index contributed by atoms with van der Waals surface area (Å²) in [4.78, 5) is 26.4. The van der Waals surface area contributed by atoms with Gasteiger partial charge in [-0.2, -0.15) is 0 Å². The van der Waals surface area contributed by atoms with Gasteiger partial charge in [0.2, 0.25) is 12.7 Å². The Labute approximate surface area is 153 Å². The summed E-state index contributed by atoms with van der Waals surface area (Å²) in [6.45, 7) is 6.27. The molecular weight excluding hydrogens is 336 g/mol. The van der Waals surface area contributed by atoms with Gasteiger partial charge in [-0.3, -0.25) is 14.5 Å². The quantitative estimate of drug-likeness (QED) is 0.776. The number of piperidine rings is 1. The van der Waals surface area contributed by atoms with E-state index in [0.717, 1.165) is 37.2 Å². The van der Waals surface area contributed by atoms with Crippen LogP contribution in [-0.4, -0.2) is 49.3 Å². The van der Waals surface area contributed by atoms with E-state index in [1.165, 1.54) is 0 Å². The molecule has 0 spiro atoms. The van der Waals surface area contributed by atoms with Gasteiger partial charge >= 0.3 is 5.97 Å². The van der Waals surface area contributed by atoms with Crippen LogP contribution in [0.3, 0.4) is 0 Å². The Kier molecular flexibility index (Phi) is 5.98. The number of hydrogen-bond acceptors (Lipinski definition) is 6. The number of likely N-dealkylation sites (tertiary alicyclic amines) is 1. The number of carbonyl (C=O) groups excluding carboxylic acids is 2. The molecule has 0 radical (unpaired) electrons. The molecule has 0 saturated carbocycles. The molecular formula is C19H26N2O5. The minimum Gasteiger partial charge on any atom is -0.466 e. The lowest BCUT2D eigenvalue weighted by Crippen LogP contribution is -2.48. The van der Waals surface area contributed by atoms with Gasteiger partial charge < -0.3 is 19.5 Å². The molecule has 1 aromatic rings. The molecule has 0 aliphatic carbocycles. The van der Waals surface area contributed by atoms with E-state index < -0.39 is 0 Å². The number of nitrogens with zero attached hydrogens (tertiary/aromatic N) is 1. The summed E-state index contributed by atoms with van der Waals surface area (Å²) in [5, 5.41) is 2.97. The summed E-state index contributed by atoms with van der Waals surface area (Å²) >= 11 is 0. The molecule has 1 N–H and O–H groups in total. The van der Waals surface area contributed by atoms with Crippen molar-refractivity contribution >= 4 is 11.9 Å². The number of carbonyl (C=O) groups is 2. The SMILES string of the molecule is CCOC(=O)C1CCN(C(C)C(=O)NCc2ccc3c(c2)OCO3)CC1. The number of amides is 1. The van der Waals surface area contributed by atoms with E-state index >= 15 is 0 Å². The second-order valence-electron chi connectivity index (χ2n) is 6.64. The van der Waals surface area contributed by atoms with Crippen molar-refractivity contribution in [3.63, 3.8) is 0 Å². The van der Waals surface area contributed by atoms with Crippen LogP contribution < -0.4 is 14.8 Å². The van der Waals surface area contributed by atoms with Crippen LogP contribution in [0.4, 0.5) is 0 Å². The third-order valence-corrected chi connectivity index (χ3v) is 4.98. The number of esters is 1. The normalized spacial score (nSPS) is 18.4. The lowest BCUT2D eigenvalue weighted by Gasteiger charge is -2.34. The minimum absolute atomic E-state index is 0.0164. The molecule has 142 valence electrons. The van der Waals surface area contributed by atoms with Gasteiger partial charge in [0.25, 0.3) is 0 Å². The van der Waals surface area contributed by atoms with Crippen molar-refractivity contribution in [1.82, 2.24) is 10.2 Å². The van der Waals surface area contributed by atoms with Crippen LogP contribution in [0.1, 0.15) is 32.3 Å². The van der Waals surface area contributed by atoms with E-state index in [1.807, 2.05) is 32.0 Å². The van der Waals surface area contributed by atoms with E-state index in [1.54, 1.807) is 0 Å². The zero-order chi connectivity index (χ0) is 18.5. The Hall–Kier alpha value is -2.28. The molecule has 1 fully saturated rings. The standard InChI is InChI=1S/C19H26N2O5/c1-3-24-19(23)15-6-8-21(9-7-15)13(2)18(22)20-11-14-4-5-16-17(10-14)26-12-25-16/h4-5,10,13,15H,3,6-9,11-12H2,1-2H3,(H,20,22). The van der Waals surface area contributed by atoms with Crippen molar-refractivity contribution < 1.29 is 23.8 Å². The molecule has 1 saturated heterocycles. The van der Waals surface area contributed by atoms with Gasteiger partial charge in [0.05, 0.1) is 18.6 Å². The molecule has 1 atom stereocenters.